The van der Waals surface area contributed by atoms with Crippen LogP contribution < -0.4 is 0 Å². The summed E-state index contributed by atoms with van der Waals surface area (Å²) in [6.45, 7) is 1.44. The lowest BCUT2D eigenvalue weighted by atomic mass is 10.9. The van der Waals surface area contributed by atoms with Gasteiger partial charge in [-0.05, 0) is 6.92 Å². The molecule has 0 spiro atoms. The van der Waals surface area contributed by atoms with Crippen LogP contribution in [-0.4, -0.2) is 6.29 Å². The highest BCUT2D eigenvalue weighted by molar-refractivity contribution is 5.44. The highest BCUT2D eigenvalue weighted by atomic mass is 16.1. The molecule has 0 amide bonds. The van der Waals surface area contributed by atoms with E-state index < -0.39 is 0 Å². The second kappa shape index (κ2) is 22.8. The average molecular weight is 96.1 g/mol. The Morgan fingerprint density at radius 1 is 1.43 bits per heavy atom. The Hall–Kier alpha value is -1.35. The number of carbonyl (C=O) groups excluding carboxylic acids is 1. The number of nitriles is 2. The van der Waals surface area contributed by atoms with Gasteiger partial charge in [-0.3, -0.25) is 0 Å². The fourth-order valence-electron chi connectivity index (χ4n) is 0. The standard InChI is InChI=1S/C2N2.C2H4O/c3-1-2-4;1-2-3/h;2H,1H3. The molecule has 0 radical (unpaired) electrons. The van der Waals surface area contributed by atoms with E-state index in [0.717, 1.165) is 6.29 Å². The third-order valence-electron chi connectivity index (χ3n) is 0.0500. The van der Waals surface area contributed by atoms with Crippen molar-refractivity contribution < 1.29 is 4.79 Å². The van der Waals surface area contributed by atoms with Gasteiger partial charge in [-0.15, -0.1) is 0 Å². The average Bonchev–Trinajstić information content (AvgIpc) is 1.69. The second-order valence-electron chi connectivity index (χ2n) is 0.459. The first-order valence-electron chi connectivity index (χ1n) is 1.51. The Morgan fingerprint density at radius 2 is 1.57 bits per heavy atom. The highest BCUT2D eigenvalue weighted by Gasteiger charge is 1.39. The van der Waals surface area contributed by atoms with Gasteiger partial charge in [0.2, 0.25) is 0 Å². The van der Waals surface area contributed by atoms with E-state index in [0.29, 0.717) is 0 Å². The molecule has 0 aliphatic heterocycles. The number of rotatable bonds is 0. The number of nitrogens with zero attached hydrogens (tertiary/aromatic N) is 2. The molecule has 0 aliphatic rings. The molecule has 0 fully saturated rings. The molecule has 0 atom stereocenters. The summed E-state index contributed by atoms with van der Waals surface area (Å²) in [4.78, 5) is 8.81. The van der Waals surface area contributed by atoms with Gasteiger partial charge in [0.1, 0.15) is 6.29 Å². The minimum absolute atomic E-state index is 0.750. The fraction of sp³-hybridized carbons (Fsp3) is 0.250. The van der Waals surface area contributed by atoms with Crippen LogP contribution in [0.2, 0.25) is 0 Å². The van der Waals surface area contributed by atoms with Gasteiger partial charge in [0.05, 0.1) is 0 Å². The van der Waals surface area contributed by atoms with Crippen molar-refractivity contribution in [2.24, 2.45) is 0 Å². The van der Waals surface area contributed by atoms with Crippen LogP contribution in [0.3, 0.4) is 0 Å². The molecule has 0 aromatic heterocycles. The molecular weight excluding hydrogens is 92.1 g/mol. The van der Waals surface area contributed by atoms with Crippen molar-refractivity contribution in [1.29, 1.82) is 10.5 Å². The largest absolute Gasteiger partial charge is 0.304 e. The Balaban J connectivity index is 0. The summed E-state index contributed by atoms with van der Waals surface area (Å²) < 4.78 is 0. The van der Waals surface area contributed by atoms with Crippen LogP contribution in [0.15, 0.2) is 0 Å². The van der Waals surface area contributed by atoms with Gasteiger partial charge < -0.3 is 4.79 Å². The zero-order valence-corrected chi connectivity index (χ0v) is 3.88. The summed E-state index contributed by atoms with van der Waals surface area (Å²) in [7, 11) is 0. The Kier molecular flexibility index (Phi) is 29.8. The summed E-state index contributed by atoms with van der Waals surface area (Å²) in [5, 5.41) is 14.5. The third kappa shape index (κ3) is 267. The molecule has 0 N–H and O–H groups in total. The van der Waals surface area contributed by atoms with E-state index in [1.165, 1.54) is 19.1 Å². The van der Waals surface area contributed by atoms with Crippen molar-refractivity contribution in [2.45, 2.75) is 6.92 Å². The summed E-state index contributed by atoms with van der Waals surface area (Å²) in [5.74, 6) is 0. The summed E-state index contributed by atoms with van der Waals surface area (Å²) in [6, 6.07) is 2.47. The monoisotopic (exact) mass is 96.0 g/mol. The molecule has 0 unspecified atom stereocenters. The molecule has 7 heavy (non-hydrogen) atoms. The van der Waals surface area contributed by atoms with Crippen molar-refractivity contribution in [3.05, 3.63) is 0 Å². The Morgan fingerprint density at radius 3 is 1.57 bits per heavy atom. The van der Waals surface area contributed by atoms with Gasteiger partial charge in [0.15, 0.2) is 12.1 Å². The van der Waals surface area contributed by atoms with E-state index >= 15 is 0 Å². The van der Waals surface area contributed by atoms with Crippen LogP contribution >= 0.6 is 0 Å². The number of hydrogen-bond donors (Lipinski definition) is 0. The lowest BCUT2D eigenvalue weighted by molar-refractivity contribution is -0.106. The normalized spacial score (nSPS) is 3.29. The van der Waals surface area contributed by atoms with Gasteiger partial charge in [-0.2, -0.15) is 10.5 Å². The summed E-state index contributed by atoms with van der Waals surface area (Å²) in [6.07, 6.45) is 0.750. The third-order valence-corrected chi connectivity index (χ3v) is 0.0500. The fourth-order valence-corrected chi connectivity index (χ4v) is 0. The van der Waals surface area contributed by atoms with E-state index in [9.17, 15) is 0 Å². The molecule has 0 saturated heterocycles. The SMILES string of the molecule is CC=O.N#CC#N. The molecule has 36 valence electrons. The first-order valence-corrected chi connectivity index (χ1v) is 1.51. The Bertz CT molecular complexity index is 93.8. The zero-order valence-electron chi connectivity index (χ0n) is 3.88. The quantitative estimate of drug-likeness (QED) is 0.405. The van der Waals surface area contributed by atoms with Crippen molar-refractivity contribution in [3.8, 4) is 12.1 Å². The van der Waals surface area contributed by atoms with Gasteiger partial charge >= 0.3 is 0 Å². The number of carbonyl (C=O) groups is 1. The molecule has 0 heterocycles. The molecule has 0 saturated carbocycles. The van der Waals surface area contributed by atoms with E-state index in [1.54, 1.807) is 0 Å². The van der Waals surface area contributed by atoms with Gasteiger partial charge in [-0.1, -0.05) is 0 Å². The zero-order chi connectivity index (χ0) is 6.12. The maximum absolute atomic E-state index is 8.81. The molecule has 0 aromatic carbocycles. The molecule has 0 aliphatic carbocycles. The van der Waals surface area contributed by atoms with E-state index in [2.05, 4.69) is 0 Å². The number of aldehydes is 1. The van der Waals surface area contributed by atoms with Crippen molar-refractivity contribution in [3.63, 3.8) is 0 Å². The van der Waals surface area contributed by atoms with Gasteiger partial charge in [0, 0.05) is 0 Å². The van der Waals surface area contributed by atoms with Crippen LogP contribution in [-0.2, 0) is 4.79 Å². The van der Waals surface area contributed by atoms with Crippen LogP contribution in [0.1, 0.15) is 6.92 Å². The molecule has 0 aromatic rings. The van der Waals surface area contributed by atoms with Crippen molar-refractivity contribution in [1.82, 2.24) is 0 Å². The molecule has 0 rings (SSSR count). The van der Waals surface area contributed by atoms with Crippen molar-refractivity contribution in [2.75, 3.05) is 0 Å². The minimum Gasteiger partial charge on any atom is -0.304 e. The van der Waals surface area contributed by atoms with E-state index in [4.69, 9.17) is 15.3 Å². The van der Waals surface area contributed by atoms with Crippen LogP contribution in [0.4, 0.5) is 0 Å². The topological polar surface area (TPSA) is 64.7 Å². The van der Waals surface area contributed by atoms with Crippen LogP contribution in [0.5, 0.6) is 0 Å². The van der Waals surface area contributed by atoms with Gasteiger partial charge in [-0.25, -0.2) is 0 Å². The maximum atomic E-state index is 8.81. The maximum Gasteiger partial charge on any atom is 0.181 e. The Labute approximate surface area is 41.8 Å². The molecule has 3 heteroatoms. The summed E-state index contributed by atoms with van der Waals surface area (Å²) in [5.41, 5.74) is 0. The van der Waals surface area contributed by atoms with Crippen molar-refractivity contribution >= 4 is 6.29 Å². The van der Waals surface area contributed by atoms with Crippen LogP contribution in [0, 0.1) is 22.7 Å². The second-order valence-corrected chi connectivity index (χ2v) is 0.459. The molecule has 3 nitrogen and oxygen atoms in total. The van der Waals surface area contributed by atoms with E-state index in [1.807, 2.05) is 0 Å². The first-order chi connectivity index (χ1) is 3.33. The summed E-state index contributed by atoms with van der Waals surface area (Å²) >= 11 is 0. The number of hydrogen-bond acceptors (Lipinski definition) is 3. The lowest BCUT2D eigenvalue weighted by Crippen LogP contribution is -1.36. The molecule has 0 bridgehead atoms. The molecular formula is C4H4N2O. The predicted molar refractivity (Wildman–Crippen MR) is 23.0 cm³/mol. The first kappa shape index (κ1) is 9.17. The minimum atomic E-state index is 0.750. The van der Waals surface area contributed by atoms with Gasteiger partial charge in [0.25, 0.3) is 0 Å². The van der Waals surface area contributed by atoms with Crippen LogP contribution in [0.25, 0.3) is 0 Å². The highest BCUT2D eigenvalue weighted by Crippen LogP contribution is 1.27. The van der Waals surface area contributed by atoms with E-state index in [-0.39, 0.29) is 0 Å². The smallest absolute Gasteiger partial charge is 0.181 e. The predicted octanol–water partition coefficient (Wildman–Crippen LogP) is 0.239. The lowest BCUT2D eigenvalue weighted by Gasteiger charge is -1.23.